The number of urea groups is 1. The lowest BCUT2D eigenvalue weighted by Crippen LogP contribution is -2.51. The molecule has 0 bridgehead atoms. The zero-order valence-corrected chi connectivity index (χ0v) is 13.1. The summed E-state index contributed by atoms with van der Waals surface area (Å²) < 4.78 is 4.54. The zero-order chi connectivity index (χ0) is 15.9. The van der Waals surface area contributed by atoms with Gasteiger partial charge in [0.05, 0.1) is 7.11 Å². The molecule has 1 aliphatic rings. The number of thioether (sulfide) groups is 1. The third-order valence-corrected chi connectivity index (χ3v) is 5.16. The van der Waals surface area contributed by atoms with Crippen molar-refractivity contribution in [2.75, 3.05) is 19.9 Å². The van der Waals surface area contributed by atoms with Gasteiger partial charge < -0.3 is 20.5 Å². The van der Waals surface area contributed by atoms with Crippen LogP contribution in [0.4, 0.5) is 4.79 Å². The van der Waals surface area contributed by atoms with E-state index in [1.54, 1.807) is 11.8 Å². The Morgan fingerprint density at radius 1 is 1.38 bits per heavy atom. The number of rotatable bonds is 8. The van der Waals surface area contributed by atoms with E-state index in [0.29, 0.717) is 6.54 Å². The molecule has 21 heavy (non-hydrogen) atoms. The summed E-state index contributed by atoms with van der Waals surface area (Å²) in [6, 6.07) is -1.62. The maximum Gasteiger partial charge on any atom is 0.326 e. The van der Waals surface area contributed by atoms with Crippen LogP contribution in [-0.4, -0.2) is 53.8 Å². The summed E-state index contributed by atoms with van der Waals surface area (Å²) in [6.45, 7) is 0.517. The lowest BCUT2D eigenvalue weighted by molar-refractivity contribution is -0.142. The van der Waals surface area contributed by atoms with E-state index in [1.807, 2.05) is 6.26 Å². The molecular formula is C13H22N2O5S. The number of esters is 1. The van der Waals surface area contributed by atoms with Crippen molar-refractivity contribution in [1.29, 1.82) is 0 Å². The summed E-state index contributed by atoms with van der Waals surface area (Å²) in [5, 5.41) is 14.1. The standard InChI is InChI=1S/C13H22N2O5S/c1-20-10(16)5-4-9(11(17)18)15-12(19)14-8-13(21-2)6-3-7-13/h9H,3-8H2,1-2H3,(H,17,18)(H2,14,15,19)/t9-/m1/s1. The molecule has 0 heterocycles. The number of carboxylic acids is 1. The van der Waals surface area contributed by atoms with Crippen molar-refractivity contribution < 1.29 is 24.2 Å². The van der Waals surface area contributed by atoms with Crippen molar-refractivity contribution in [2.45, 2.75) is 42.9 Å². The molecule has 3 N–H and O–H groups in total. The Morgan fingerprint density at radius 2 is 2.05 bits per heavy atom. The first-order valence-electron chi connectivity index (χ1n) is 6.81. The first-order chi connectivity index (χ1) is 9.92. The van der Waals surface area contributed by atoms with Crippen LogP contribution in [0.1, 0.15) is 32.1 Å². The molecule has 2 amide bonds. The van der Waals surface area contributed by atoms with Crippen LogP contribution < -0.4 is 10.6 Å². The molecule has 0 aromatic carbocycles. The van der Waals surface area contributed by atoms with Gasteiger partial charge in [0.25, 0.3) is 0 Å². The predicted molar refractivity (Wildman–Crippen MR) is 79.3 cm³/mol. The highest BCUT2D eigenvalue weighted by Crippen LogP contribution is 2.42. The van der Waals surface area contributed by atoms with Crippen molar-refractivity contribution in [3.05, 3.63) is 0 Å². The van der Waals surface area contributed by atoms with Crippen molar-refractivity contribution >= 4 is 29.7 Å². The molecule has 0 aromatic rings. The molecule has 120 valence electrons. The molecule has 0 saturated heterocycles. The van der Waals surface area contributed by atoms with E-state index in [4.69, 9.17) is 5.11 Å². The molecule has 0 aliphatic heterocycles. The van der Waals surface area contributed by atoms with Crippen molar-refractivity contribution in [1.82, 2.24) is 10.6 Å². The number of hydrogen-bond donors (Lipinski definition) is 3. The van der Waals surface area contributed by atoms with E-state index < -0.39 is 24.0 Å². The van der Waals surface area contributed by atoms with Gasteiger partial charge in [-0.2, -0.15) is 11.8 Å². The Morgan fingerprint density at radius 3 is 2.48 bits per heavy atom. The van der Waals surface area contributed by atoms with Gasteiger partial charge in [-0.25, -0.2) is 9.59 Å². The predicted octanol–water partition coefficient (Wildman–Crippen LogP) is 0.978. The van der Waals surface area contributed by atoms with Gasteiger partial charge in [0.2, 0.25) is 0 Å². The molecule has 0 unspecified atom stereocenters. The number of hydrogen-bond acceptors (Lipinski definition) is 5. The maximum atomic E-state index is 11.8. The minimum absolute atomic E-state index is 0.00307. The minimum Gasteiger partial charge on any atom is -0.480 e. The zero-order valence-electron chi connectivity index (χ0n) is 12.3. The van der Waals surface area contributed by atoms with E-state index in [1.165, 1.54) is 7.11 Å². The van der Waals surface area contributed by atoms with Gasteiger partial charge in [-0.05, 0) is 25.5 Å². The van der Waals surface area contributed by atoms with Gasteiger partial charge in [-0.15, -0.1) is 0 Å². The summed E-state index contributed by atoms with van der Waals surface area (Å²) in [6.07, 6.45) is 5.22. The Kier molecular flexibility index (Phi) is 6.80. The Bertz CT molecular complexity index is 393. The number of aliphatic carboxylic acids is 1. The monoisotopic (exact) mass is 318 g/mol. The van der Waals surface area contributed by atoms with Crippen LogP contribution >= 0.6 is 11.8 Å². The topological polar surface area (TPSA) is 105 Å². The van der Waals surface area contributed by atoms with Crippen LogP contribution in [-0.2, 0) is 14.3 Å². The molecule has 7 nitrogen and oxygen atoms in total. The maximum absolute atomic E-state index is 11.8. The smallest absolute Gasteiger partial charge is 0.326 e. The fourth-order valence-electron chi connectivity index (χ4n) is 2.10. The molecule has 0 radical (unpaired) electrons. The Labute approximate surface area is 128 Å². The fourth-order valence-corrected chi connectivity index (χ4v) is 3.01. The van der Waals surface area contributed by atoms with Gasteiger partial charge in [0.15, 0.2) is 0 Å². The van der Waals surface area contributed by atoms with Gasteiger partial charge in [0, 0.05) is 17.7 Å². The largest absolute Gasteiger partial charge is 0.480 e. The van der Waals surface area contributed by atoms with Crippen LogP contribution in [0, 0.1) is 0 Å². The highest BCUT2D eigenvalue weighted by Gasteiger charge is 2.36. The molecule has 1 atom stereocenters. The molecular weight excluding hydrogens is 296 g/mol. The lowest BCUT2D eigenvalue weighted by Gasteiger charge is -2.40. The van der Waals surface area contributed by atoms with E-state index in [-0.39, 0.29) is 17.6 Å². The van der Waals surface area contributed by atoms with Crippen molar-refractivity contribution in [3.63, 3.8) is 0 Å². The van der Waals surface area contributed by atoms with E-state index >= 15 is 0 Å². The second-order valence-electron chi connectivity index (χ2n) is 5.07. The molecule has 1 fully saturated rings. The van der Waals surface area contributed by atoms with Gasteiger partial charge in [-0.3, -0.25) is 4.79 Å². The summed E-state index contributed by atoms with van der Waals surface area (Å²) in [7, 11) is 1.23. The highest BCUT2D eigenvalue weighted by atomic mass is 32.2. The summed E-state index contributed by atoms with van der Waals surface area (Å²) in [5.74, 6) is -1.67. The second-order valence-corrected chi connectivity index (χ2v) is 6.35. The number of carbonyl (C=O) groups excluding carboxylic acids is 2. The van der Waals surface area contributed by atoms with E-state index in [0.717, 1.165) is 19.3 Å². The van der Waals surface area contributed by atoms with Crippen LogP contribution in [0.2, 0.25) is 0 Å². The number of ether oxygens (including phenoxy) is 1. The van der Waals surface area contributed by atoms with Gasteiger partial charge in [0.1, 0.15) is 6.04 Å². The van der Waals surface area contributed by atoms with Gasteiger partial charge >= 0.3 is 18.0 Å². The first kappa shape index (κ1) is 17.6. The van der Waals surface area contributed by atoms with Gasteiger partial charge in [-0.1, -0.05) is 6.42 Å². The average Bonchev–Trinajstić information content (AvgIpc) is 2.41. The normalized spacial score (nSPS) is 17.2. The number of amides is 2. The molecule has 1 saturated carbocycles. The third-order valence-electron chi connectivity index (χ3n) is 3.74. The average molecular weight is 318 g/mol. The lowest BCUT2D eigenvalue weighted by atomic mass is 9.84. The quantitative estimate of drug-likeness (QED) is 0.576. The molecule has 8 heteroatoms. The third kappa shape index (κ3) is 5.45. The first-order valence-corrected chi connectivity index (χ1v) is 8.04. The molecule has 0 spiro atoms. The number of methoxy groups -OCH3 is 1. The van der Waals surface area contributed by atoms with E-state index in [9.17, 15) is 14.4 Å². The van der Waals surface area contributed by atoms with Crippen LogP contribution in [0.25, 0.3) is 0 Å². The van der Waals surface area contributed by atoms with Crippen molar-refractivity contribution in [3.8, 4) is 0 Å². The number of nitrogens with one attached hydrogen (secondary N) is 2. The van der Waals surface area contributed by atoms with Crippen LogP contribution in [0.15, 0.2) is 0 Å². The van der Waals surface area contributed by atoms with E-state index in [2.05, 4.69) is 15.4 Å². The summed E-state index contributed by atoms with van der Waals surface area (Å²) in [4.78, 5) is 33.8. The van der Waals surface area contributed by atoms with Crippen LogP contribution in [0.5, 0.6) is 0 Å². The second kappa shape index (κ2) is 8.11. The summed E-state index contributed by atoms with van der Waals surface area (Å²) in [5.41, 5.74) is 0. The molecule has 0 aromatic heterocycles. The minimum atomic E-state index is -1.17. The highest BCUT2D eigenvalue weighted by molar-refractivity contribution is 8.00. The van der Waals surface area contributed by atoms with Crippen molar-refractivity contribution in [2.24, 2.45) is 0 Å². The molecule has 1 rings (SSSR count). The Hall–Kier alpha value is -1.44. The molecule has 1 aliphatic carbocycles. The fraction of sp³-hybridized carbons (Fsp3) is 0.769. The Balaban J connectivity index is 2.38. The number of carbonyl (C=O) groups is 3. The SMILES string of the molecule is COC(=O)CC[C@@H](NC(=O)NCC1(SC)CCC1)C(=O)O. The summed E-state index contributed by atoms with van der Waals surface area (Å²) >= 11 is 1.72. The number of carboxylic acid groups (broad SMARTS) is 1. The van der Waals surface area contributed by atoms with Crippen LogP contribution in [0.3, 0.4) is 0 Å².